The number of amides is 2. The van der Waals surface area contributed by atoms with Crippen LogP contribution in [0.2, 0.25) is 10.0 Å². The van der Waals surface area contributed by atoms with Crippen LogP contribution in [0.1, 0.15) is 31.4 Å². The Morgan fingerprint density at radius 1 is 0.870 bits per heavy atom. The third-order valence-corrected chi connectivity index (χ3v) is 9.87. The van der Waals surface area contributed by atoms with E-state index in [9.17, 15) is 18.0 Å². The van der Waals surface area contributed by atoms with Gasteiger partial charge in [-0.3, -0.25) is 13.9 Å². The lowest BCUT2D eigenvalue weighted by molar-refractivity contribution is -0.140. The van der Waals surface area contributed by atoms with Crippen LogP contribution in [0.25, 0.3) is 0 Å². The molecule has 46 heavy (non-hydrogen) atoms. The van der Waals surface area contributed by atoms with E-state index in [0.29, 0.717) is 22.8 Å². The Morgan fingerprint density at radius 3 is 2.13 bits per heavy atom. The van der Waals surface area contributed by atoms with Crippen molar-refractivity contribution in [1.29, 1.82) is 0 Å². The van der Waals surface area contributed by atoms with E-state index in [-0.39, 0.29) is 40.5 Å². The van der Waals surface area contributed by atoms with E-state index in [4.69, 9.17) is 27.9 Å². The lowest BCUT2D eigenvalue weighted by atomic mass is 10.0. The van der Waals surface area contributed by atoms with E-state index in [1.165, 1.54) is 42.3 Å². The number of anilines is 1. The lowest BCUT2D eigenvalue weighted by Gasteiger charge is -2.34. The number of carbonyl (C=O) groups is 2. The first-order valence-electron chi connectivity index (χ1n) is 14.8. The predicted molar refractivity (Wildman–Crippen MR) is 183 cm³/mol. The maximum Gasteiger partial charge on any atom is 0.264 e. The summed E-state index contributed by atoms with van der Waals surface area (Å²) < 4.78 is 34.5. The summed E-state index contributed by atoms with van der Waals surface area (Å²) in [4.78, 5) is 29.9. The van der Waals surface area contributed by atoms with Crippen LogP contribution in [0.4, 0.5) is 5.69 Å². The number of halogens is 2. The first-order chi connectivity index (χ1) is 22.0. The Kier molecular flexibility index (Phi) is 12.1. The molecule has 0 heterocycles. The SMILES string of the molecule is CCC(C)NC(=O)C(Cc1ccccc1)N(Cc1cccc(Cl)c1)C(=O)CN(c1ccc(OC)c(Cl)c1)S(=O)(=O)c1ccccc1. The van der Waals surface area contributed by atoms with Gasteiger partial charge in [0.05, 0.1) is 22.7 Å². The van der Waals surface area contributed by atoms with E-state index in [1.807, 2.05) is 44.2 Å². The van der Waals surface area contributed by atoms with Gasteiger partial charge >= 0.3 is 0 Å². The molecule has 0 aliphatic rings. The smallest absolute Gasteiger partial charge is 0.264 e. The van der Waals surface area contributed by atoms with Gasteiger partial charge in [-0.15, -0.1) is 0 Å². The minimum atomic E-state index is -4.26. The molecule has 8 nitrogen and oxygen atoms in total. The highest BCUT2D eigenvalue weighted by Gasteiger charge is 2.35. The standard InChI is InChI=1S/C35H37Cl2N3O5S/c1-4-25(2)38-35(42)32(21-26-12-7-5-8-13-26)39(23-27-14-11-15-28(36)20-27)34(41)24-40(29-18-19-33(45-3)31(37)22-29)46(43,44)30-16-9-6-10-17-30/h5-20,22,25,32H,4,21,23-24H2,1-3H3,(H,38,42). The number of hydrogen-bond acceptors (Lipinski definition) is 5. The normalized spacial score (nSPS) is 12.5. The van der Waals surface area contributed by atoms with Crippen LogP contribution in [-0.4, -0.2) is 50.9 Å². The number of hydrogen-bond donors (Lipinski definition) is 1. The monoisotopic (exact) mass is 681 g/mol. The first-order valence-corrected chi connectivity index (χ1v) is 17.0. The van der Waals surface area contributed by atoms with Gasteiger partial charge in [0.25, 0.3) is 10.0 Å². The molecule has 0 bridgehead atoms. The summed E-state index contributed by atoms with van der Waals surface area (Å²) in [5.74, 6) is -0.591. The van der Waals surface area contributed by atoms with Gasteiger partial charge in [0.15, 0.2) is 0 Å². The van der Waals surface area contributed by atoms with Crippen LogP contribution in [0.15, 0.2) is 108 Å². The third kappa shape index (κ3) is 8.81. The maximum atomic E-state index is 14.5. The fourth-order valence-electron chi connectivity index (χ4n) is 4.89. The molecule has 2 atom stereocenters. The molecular formula is C35H37Cl2N3O5S. The molecule has 0 aliphatic heterocycles. The minimum absolute atomic E-state index is 0.00735. The molecular weight excluding hydrogens is 645 g/mol. The second kappa shape index (κ2) is 16.0. The molecule has 0 spiro atoms. The van der Waals surface area contributed by atoms with Gasteiger partial charge in [0.1, 0.15) is 18.3 Å². The van der Waals surface area contributed by atoms with Crippen molar-refractivity contribution in [2.24, 2.45) is 0 Å². The molecule has 11 heteroatoms. The summed E-state index contributed by atoms with van der Waals surface area (Å²) in [7, 11) is -2.81. The van der Waals surface area contributed by atoms with Crippen molar-refractivity contribution in [3.8, 4) is 5.75 Å². The number of sulfonamides is 1. The summed E-state index contributed by atoms with van der Waals surface area (Å²) in [6.07, 6.45) is 0.891. The fourth-order valence-corrected chi connectivity index (χ4v) is 6.78. The maximum absolute atomic E-state index is 14.5. The van der Waals surface area contributed by atoms with Gasteiger partial charge < -0.3 is 15.0 Å². The number of ether oxygens (including phenoxy) is 1. The largest absolute Gasteiger partial charge is 0.495 e. The molecule has 4 rings (SSSR count). The van der Waals surface area contributed by atoms with Crippen molar-refractivity contribution < 1.29 is 22.7 Å². The van der Waals surface area contributed by atoms with Crippen LogP contribution in [0.5, 0.6) is 5.75 Å². The van der Waals surface area contributed by atoms with Crippen molar-refractivity contribution in [2.45, 2.75) is 50.2 Å². The van der Waals surface area contributed by atoms with Gasteiger partial charge in [-0.1, -0.05) is 90.8 Å². The van der Waals surface area contributed by atoms with Gasteiger partial charge in [-0.25, -0.2) is 8.42 Å². The van der Waals surface area contributed by atoms with Crippen LogP contribution < -0.4 is 14.4 Å². The van der Waals surface area contributed by atoms with Crippen molar-refractivity contribution in [3.63, 3.8) is 0 Å². The first kappa shape index (κ1) is 34.8. The average molecular weight is 683 g/mol. The van der Waals surface area contributed by atoms with Gasteiger partial charge in [-0.2, -0.15) is 0 Å². The second-order valence-electron chi connectivity index (χ2n) is 10.8. The summed E-state index contributed by atoms with van der Waals surface area (Å²) in [5, 5.41) is 3.66. The quantitative estimate of drug-likeness (QED) is 0.159. The predicted octanol–water partition coefficient (Wildman–Crippen LogP) is 6.75. The number of methoxy groups -OCH3 is 1. The summed E-state index contributed by atoms with van der Waals surface area (Å²) in [5.41, 5.74) is 1.68. The number of nitrogens with zero attached hydrogens (tertiary/aromatic N) is 2. The van der Waals surface area contributed by atoms with Crippen LogP contribution in [0, 0.1) is 0 Å². The zero-order valence-corrected chi connectivity index (χ0v) is 28.2. The van der Waals surface area contributed by atoms with Crippen LogP contribution in [-0.2, 0) is 32.6 Å². The summed E-state index contributed by atoms with van der Waals surface area (Å²) in [6, 6.07) is 27.6. The molecule has 2 amide bonds. The van der Waals surface area contributed by atoms with Gasteiger partial charge in [0, 0.05) is 24.0 Å². The molecule has 0 fully saturated rings. The Bertz CT molecular complexity index is 1740. The van der Waals surface area contributed by atoms with Gasteiger partial charge in [-0.05, 0) is 66.9 Å². The summed E-state index contributed by atoms with van der Waals surface area (Å²) >= 11 is 12.7. The second-order valence-corrected chi connectivity index (χ2v) is 13.5. The molecule has 0 saturated carbocycles. The Morgan fingerprint density at radius 2 is 1.52 bits per heavy atom. The molecule has 4 aromatic carbocycles. The molecule has 242 valence electrons. The van der Waals surface area contributed by atoms with Crippen molar-refractivity contribution >= 4 is 50.7 Å². The van der Waals surface area contributed by atoms with Crippen molar-refractivity contribution in [1.82, 2.24) is 10.2 Å². The highest BCUT2D eigenvalue weighted by atomic mass is 35.5. The Hall–Kier alpha value is -4.05. The van der Waals surface area contributed by atoms with E-state index in [0.717, 1.165) is 9.87 Å². The number of nitrogens with one attached hydrogen (secondary N) is 1. The summed E-state index contributed by atoms with van der Waals surface area (Å²) in [6.45, 7) is 3.25. The molecule has 4 aromatic rings. The van der Waals surface area contributed by atoms with Crippen LogP contribution >= 0.6 is 23.2 Å². The minimum Gasteiger partial charge on any atom is -0.495 e. The molecule has 2 unspecified atom stereocenters. The van der Waals surface area contributed by atoms with E-state index in [2.05, 4.69) is 5.32 Å². The van der Waals surface area contributed by atoms with E-state index >= 15 is 0 Å². The highest BCUT2D eigenvalue weighted by Crippen LogP contribution is 2.32. The Balaban J connectivity index is 1.83. The van der Waals surface area contributed by atoms with E-state index in [1.54, 1.807) is 42.5 Å². The highest BCUT2D eigenvalue weighted by molar-refractivity contribution is 7.92. The Labute approximate surface area is 280 Å². The lowest BCUT2D eigenvalue weighted by Crippen LogP contribution is -2.54. The number of rotatable bonds is 14. The number of benzene rings is 4. The van der Waals surface area contributed by atoms with Crippen LogP contribution in [0.3, 0.4) is 0 Å². The molecule has 0 saturated heterocycles. The fraction of sp³-hybridized carbons (Fsp3) is 0.257. The molecule has 0 aromatic heterocycles. The van der Waals surface area contributed by atoms with Crippen molar-refractivity contribution in [3.05, 3.63) is 124 Å². The van der Waals surface area contributed by atoms with E-state index < -0.39 is 28.5 Å². The number of carbonyl (C=O) groups excluding carboxylic acids is 2. The average Bonchev–Trinajstić information content (AvgIpc) is 3.05. The topological polar surface area (TPSA) is 96.0 Å². The zero-order valence-electron chi connectivity index (χ0n) is 25.9. The van der Waals surface area contributed by atoms with Gasteiger partial charge in [0.2, 0.25) is 11.8 Å². The molecule has 1 N–H and O–H groups in total. The molecule has 0 aliphatic carbocycles. The van der Waals surface area contributed by atoms with Crippen molar-refractivity contribution in [2.75, 3.05) is 18.0 Å². The third-order valence-electron chi connectivity index (χ3n) is 7.55. The zero-order chi connectivity index (χ0) is 33.3. The molecule has 0 radical (unpaired) electrons.